The van der Waals surface area contributed by atoms with Crippen LogP contribution in [0, 0.1) is 0 Å². The number of ether oxygens (including phenoxy) is 2. The first-order valence-electron chi connectivity index (χ1n) is 8.51. The lowest BCUT2D eigenvalue weighted by molar-refractivity contribution is 0.0211. The fourth-order valence-electron chi connectivity index (χ4n) is 2.97. The molecule has 2 aliphatic heterocycles. The zero-order valence-corrected chi connectivity index (χ0v) is 15.4. The number of epoxide rings is 1. The molecule has 2 aromatic rings. The van der Waals surface area contributed by atoms with Crippen LogP contribution in [0.1, 0.15) is 5.56 Å². The van der Waals surface area contributed by atoms with Gasteiger partial charge in [-0.1, -0.05) is 37.0 Å². The number of aromatic nitrogens is 3. The van der Waals surface area contributed by atoms with E-state index in [0.717, 1.165) is 29.7 Å². The van der Waals surface area contributed by atoms with Crippen LogP contribution < -0.4 is 10.6 Å². The molecule has 0 unspecified atom stereocenters. The zero-order valence-electron chi connectivity index (χ0n) is 14.4. The summed E-state index contributed by atoms with van der Waals surface area (Å²) in [4.78, 5) is 0. The fourth-order valence-corrected chi connectivity index (χ4v) is 3.82. The summed E-state index contributed by atoms with van der Waals surface area (Å²) in [6.07, 6.45) is 2.87. The Hall–Kier alpha value is -1.54. The van der Waals surface area contributed by atoms with E-state index >= 15 is 0 Å². The number of nitrogens with zero attached hydrogens (tertiary/aromatic N) is 3. The van der Waals surface area contributed by atoms with Crippen LogP contribution in [0.3, 0.4) is 0 Å². The van der Waals surface area contributed by atoms with E-state index in [9.17, 15) is 0 Å². The monoisotopic (exact) mass is 344 g/mol. The van der Waals surface area contributed by atoms with E-state index in [1.807, 2.05) is 4.68 Å². The summed E-state index contributed by atoms with van der Waals surface area (Å²) >= 11 is 0. The van der Waals surface area contributed by atoms with Crippen molar-refractivity contribution < 1.29 is 9.47 Å². The van der Waals surface area contributed by atoms with Crippen molar-refractivity contribution in [3.63, 3.8) is 0 Å². The van der Waals surface area contributed by atoms with Gasteiger partial charge in [-0.25, -0.2) is 4.68 Å². The lowest BCUT2D eigenvalue weighted by atomic mass is 10.1. The Morgan fingerprint density at radius 3 is 2.75 bits per heavy atom. The third-order valence-electron chi connectivity index (χ3n) is 4.61. The van der Waals surface area contributed by atoms with E-state index in [1.165, 1.54) is 0 Å². The minimum Gasteiger partial charge on any atom is -0.369 e. The van der Waals surface area contributed by atoms with Crippen LogP contribution in [0.4, 0.5) is 0 Å². The van der Waals surface area contributed by atoms with Gasteiger partial charge in [0.25, 0.3) is 0 Å². The molecule has 3 atom stereocenters. The van der Waals surface area contributed by atoms with E-state index in [4.69, 9.17) is 9.47 Å². The molecule has 0 aliphatic carbocycles. The normalized spacial score (nSPS) is 26.2. The van der Waals surface area contributed by atoms with Gasteiger partial charge in [-0.15, -0.1) is 5.10 Å². The molecule has 0 saturated carbocycles. The maximum Gasteiger partial charge on any atom is 0.113 e. The molecule has 1 aromatic heterocycles. The van der Waals surface area contributed by atoms with Crippen LogP contribution in [0.2, 0.25) is 19.6 Å². The van der Waals surface area contributed by atoms with Crippen molar-refractivity contribution >= 4 is 13.4 Å². The molecular weight excluding hydrogens is 320 g/mol. The van der Waals surface area contributed by atoms with E-state index < -0.39 is 8.07 Å². The molecule has 6 nitrogen and oxygen atoms in total. The molecule has 4 rings (SSSR count). The lowest BCUT2D eigenvalue weighted by Crippen LogP contribution is -2.41. The Labute approximate surface area is 143 Å². The highest BCUT2D eigenvalue weighted by Gasteiger charge is 2.48. The first kappa shape index (κ1) is 16.0. The van der Waals surface area contributed by atoms with Gasteiger partial charge >= 0.3 is 0 Å². The second-order valence-corrected chi connectivity index (χ2v) is 12.6. The maximum absolute atomic E-state index is 6.00. The second kappa shape index (κ2) is 6.07. The number of fused-ring (bicyclic) bond motifs is 1. The third-order valence-corrected chi connectivity index (χ3v) is 6.37. The SMILES string of the molecule is C[Si](C)(C)c1cn(-c2ccc(CO[C@H]3CNC[C@@H]4O[C@@H]34)cc2)nn1. The van der Waals surface area contributed by atoms with Gasteiger partial charge in [0.1, 0.15) is 14.2 Å². The van der Waals surface area contributed by atoms with Crippen molar-refractivity contribution in [2.24, 2.45) is 0 Å². The molecule has 0 amide bonds. The second-order valence-electron chi connectivity index (χ2n) is 7.61. The summed E-state index contributed by atoms with van der Waals surface area (Å²) in [5.74, 6) is 0. The number of hydrogen-bond donors (Lipinski definition) is 1. The number of rotatable bonds is 5. The minimum absolute atomic E-state index is 0.165. The number of hydrogen-bond acceptors (Lipinski definition) is 5. The van der Waals surface area contributed by atoms with E-state index in [-0.39, 0.29) is 6.10 Å². The van der Waals surface area contributed by atoms with Gasteiger partial charge in [-0.2, -0.15) is 0 Å². The van der Waals surface area contributed by atoms with Crippen molar-refractivity contribution in [2.45, 2.75) is 44.6 Å². The Balaban J connectivity index is 1.38. The van der Waals surface area contributed by atoms with Gasteiger partial charge in [0.15, 0.2) is 0 Å². The molecule has 1 N–H and O–H groups in total. The predicted molar refractivity (Wildman–Crippen MR) is 94.4 cm³/mol. The average molecular weight is 344 g/mol. The standard InChI is InChI=1S/C17H24N4O2Si/c1-24(2,3)16-10-21(20-19-16)13-6-4-12(5-7-13)11-22-14-8-18-9-15-17(14)23-15/h4-7,10,14-15,17-18H,8-9,11H2,1-3H3/t14-,15-,17-/m0/s1. The van der Waals surface area contributed by atoms with Crippen molar-refractivity contribution in [3.05, 3.63) is 36.0 Å². The molecule has 3 heterocycles. The van der Waals surface area contributed by atoms with Gasteiger partial charge in [-0.05, 0) is 17.7 Å². The molecule has 2 saturated heterocycles. The van der Waals surface area contributed by atoms with Crippen molar-refractivity contribution in [3.8, 4) is 5.69 Å². The summed E-state index contributed by atoms with van der Waals surface area (Å²) in [5.41, 5.74) is 2.19. The Morgan fingerprint density at radius 1 is 1.25 bits per heavy atom. The minimum atomic E-state index is -1.42. The molecule has 7 heteroatoms. The van der Waals surface area contributed by atoms with E-state index in [0.29, 0.717) is 18.8 Å². The first-order valence-corrected chi connectivity index (χ1v) is 12.0. The maximum atomic E-state index is 6.00. The topological polar surface area (TPSA) is 64.5 Å². The van der Waals surface area contributed by atoms with E-state index in [1.54, 1.807) is 0 Å². The average Bonchev–Trinajstić information content (AvgIpc) is 3.18. The van der Waals surface area contributed by atoms with Crippen LogP contribution in [0.5, 0.6) is 0 Å². The zero-order chi connectivity index (χ0) is 16.7. The van der Waals surface area contributed by atoms with Crippen LogP contribution >= 0.6 is 0 Å². The smallest absolute Gasteiger partial charge is 0.113 e. The first-order chi connectivity index (χ1) is 11.5. The molecule has 1 aromatic carbocycles. The highest BCUT2D eigenvalue weighted by atomic mass is 28.3. The molecule has 0 bridgehead atoms. The van der Waals surface area contributed by atoms with Crippen LogP contribution in [-0.2, 0) is 16.1 Å². The quantitative estimate of drug-likeness (QED) is 0.649. The van der Waals surface area contributed by atoms with Gasteiger partial charge in [0, 0.05) is 19.3 Å². The van der Waals surface area contributed by atoms with E-state index in [2.05, 4.69) is 65.7 Å². The summed E-state index contributed by atoms with van der Waals surface area (Å²) in [7, 11) is -1.42. The van der Waals surface area contributed by atoms with Crippen LogP contribution in [0.15, 0.2) is 30.5 Å². The number of nitrogens with one attached hydrogen (secondary N) is 1. The van der Waals surface area contributed by atoms with Gasteiger partial charge < -0.3 is 14.8 Å². The molecule has 24 heavy (non-hydrogen) atoms. The summed E-state index contributed by atoms with van der Waals surface area (Å²) in [6, 6.07) is 8.31. The molecule has 0 spiro atoms. The summed E-state index contributed by atoms with van der Waals surface area (Å²) < 4.78 is 13.4. The highest BCUT2D eigenvalue weighted by Crippen LogP contribution is 2.29. The molecule has 0 radical (unpaired) electrons. The molecule has 128 valence electrons. The predicted octanol–water partition coefficient (Wildman–Crippen LogP) is 1.07. The summed E-state index contributed by atoms with van der Waals surface area (Å²) in [6.45, 7) is 9.26. The Bertz CT molecular complexity index is 710. The third kappa shape index (κ3) is 3.30. The molecule has 2 aliphatic rings. The van der Waals surface area contributed by atoms with Crippen molar-refractivity contribution in [1.29, 1.82) is 0 Å². The van der Waals surface area contributed by atoms with Crippen molar-refractivity contribution in [1.82, 2.24) is 20.3 Å². The highest BCUT2D eigenvalue weighted by molar-refractivity contribution is 6.88. The lowest BCUT2D eigenvalue weighted by Gasteiger charge is -2.20. The van der Waals surface area contributed by atoms with Gasteiger partial charge in [0.2, 0.25) is 0 Å². The molecular formula is C17H24N4O2Si. The van der Waals surface area contributed by atoms with Gasteiger partial charge in [0.05, 0.1) is 29.8 Å². The Kier molecular flexibility index (Phi) is 4.04. The van der Waals surface area contributed by atoms with Crippen LogP contribution in [-0.4, -0.2) is 54.5 Å². The summed E-state index contributed by atoms with van der Waals surface area (Å²) in [5, 5.41) is 13.1. The largest absolute Gasteiger partial charge is 0.369 e. The number of piperidine rings is 1. The Morgan fingerprint density at radius 2 is 2.04 bits per heavy atom. The van der Waals surface area contributed by atoms with Crippen LogP contribution in [0.25, 0.3) is 5.69 Å². The van der Waals surface area contributed by atoms with Gasteiger partial charge in [-0.3, -0.25) is 0 Å². The molecule has 2 fully saturated rings. The number of benzene rings is 1. The fraction of sp³-hybridized carbons (Fsp3) is 0.529. The van der Waals surface area contributed by atoms with Crippen molar-refractivity contribution in [2.75, 3.05) is 13.1 Å².